The monoisotopic (exact) mass is 217 g/mol. The van der Waals surface area contributed by atoms with Gasteiger partial charge in [-0.25, -0.2) is 0 Å². The van der Waals surface area contributed by atoms with Crippen LogP contribution in [0.1, 0.15) is 47.7 Å². The van der Waals surface area contributed by atoms with E-state index in [0.717, 1.165) is 24.9 Å². The van der Waals surface area contributed by atoms with E-state index in [-0.39, 0.29) is 5.91 Å². The summed E-state index contributed by atoms with van der Waals surface area (Å²) in [6, 6.07) is 6.29. The summed E-state index contributed by atoms with van der Waals surface area (Å²) in [5.41, 5.74) is 3.46. The molecule has 2 heteroatoms. The van der Waals surface area contributed by atoms with Crippen LogP contribution in [-0.2, 0) is 12.8 Å². The van der Waals surface area contributed by atoms with Crippen molar-refractivity contribution in [3.05, 3.63) is 34.9 Å². The largest absolute Gasteiger partial charge is 0.352 e. The smallest absolute Gasteiger partial charge is 0.251 e. The third-order valence-electron chi connectivity index (χ3n) is 3.16. The van der Waals surface area contributed by atoms with Gasteiger partial charge >= 0.3 is 0 Å². The van der Waals surface area contributed by atoms with Gasteiger partial charge in [0.15, 0.2) is 0 Å². The fourth-order valence-electron chi connectivity index (χ4n) is 2.22. The molecule has 1 amide bonds. The van der Waals surface area contributed by atoms with E-state index in [1.54, 1.807) is 0 Å². The fraction of sp³-hybridized carbons (Fsp3) is 0.500. The predicted octanol–water partition coefficient (Wildman–Crippen LogP) is 2.71. The first-order chi connectivity index (χ1) is 7.81. The Bertz CT molecular complexity index is 384. The van der Waals surface area contributed by atoms with E-state index < -0.39 is 0 Å². The van der Waals surface area contributed by atoms with Gasteiger partial charge in [0, 0.05) is 12.1 Å². The second-order valence-electron chi connectivity index (χ2n) is 4.45. The molecular formula is C14H19NO. The van der Waals surface area contributed by atoms with Crippen molar-refractivity contribution in [1.29, 1.82) is 0 Å². The number of unbranched alkanes of at least 4 members (excludes halogenated alkanes) is 2. The second kappa shape index (κ2) is 5.15. The first kappa shape index (κ1) is 11.2. The van der Waals surface area contributed by atoms with Crippen molar-refractivity contribution in [2.75, 3.05) is 6.54 Å². The van der Waals surface area contributed by atoms with Crippen LogP contribution in [0.25, 0.3) is 0 Å². The summed E-state index contributed by atoms with van der Waals surface area (Å²) >= 11 is 0. The van der Waals surface area contributed by atoms with Crippen LogP contribution in [0, 0.1) is 0 Å². The summed E-state index contributed by atoms with van der Waals surface area (Å²) in [6.07, 6.45) is 5.91. The fourth-order valence-corrected chi connectivity index (χ4v) is 2.22. The van der Waals surface area contributed by atoms with Crippen LogP contribution in [0.5, 0.6) is 0 Å². The highest BCUT2D eigenvalue weighted by Gasteiger charge is 2.15. The molecule has 0 saturated carbocycles. The Morgan fingerprint density at radius 1 is 1.31 bits per heavy atom. The predicted molar refractivity (Wildman–Crippen MR) is 65.7 cm³/mol. The lowest BCUT2D eigenvalue weighted by atomic mass is 9.96. The Morgan fingerprint density at radius 3 is 3.00 bits per heavy atom. The van der Waals surface area contributed by atoms with Gasteiger partial charge in [-0.1, -0.05) is 31.9 Å². The maximum Gasteiger partial charge on any atom is 0.251 e. The maximum absolute atomic E-state index is 11.5. The number of nitrogens with one attached hydrogen (secondary N) is 1. The van der Waals surface area contributed by atoms with Crippen LogP contribution in [0.3, 0.4) is 0 Å². The molecule has 2 nitrogen and oxygen atoms in total. The Kier molecular flexibility index (Phi) is 3.60. The van der Waals surface area contributed by atoms with Gasteiger partial charge in [0.1, 0.15) is 0 Å². The molecule has 0 radical (unpaired) electrons. The number of carbonyl (C=O) groups is 1. The molecule has 1 N–H and O–H groups in total. The number of rotatable bonds is 4. The Hall–Kier alpha value is -1.31. The molecule has 1 aliphatic heterocycles. The van der Waals surface area contributed by atoms with E-state index in [2.05, 4.69) is 24.4 Å². The van der Waals surface area contributed by atoms with Gasteiger partial charge in [0.25, 0.3) is 5.91 Å². The topological polar surface area (TPSA) is 29.1 Å². The zero-order chi connectivity index (χ0) is 11.4. The average Bonchev–Trinajstić information content (AvgIpc) is 2.30. The van der Waals surface area contributed by atoms with Crippen molar-refractivity contribution >= 4 is 5.91 Å². The van der Waals surface area contributed by atoms with Crippen LogP contribution in [0.2, 0.25) is 0 Å². The Labute approximate surface area is 97.1 Å². The van der Waals surface area contributed by atoms with Crippen molar-refractivity contribution in [2.24, 2.45) is 0 Å². The Balaban J connectivity index is 2.09. The minimum absolute atomic E-state index is 0.0846. The van der Waals surface area contributed by atoms with Crippen LogP contribution < -0.4 is 5.32 Å². The molecule has 0 spiro atoms. The molecule has 1 aliphatic rings. The number of carbonyl (C=O) groups excluding carboxylic acids is 1. The van der Waals surface area contributed by atoms with Crippen molar-refractivity contribution in [1.82, 2.24) is 5.32 Å². The van der Waals surface area contributed by atoms with E-state index in [4.69, 9.17) is 0 Å². The SMILES string of the molecule is CCCCCc1ccc2c(c1)CCNC2=O. The van der Waals surface area contributed by atoms with Crippen molar-refractivity contribution in [3.8, 4) is 0 Å². The minimum atomic E-state index is 0.0846. The number of aryl methyl sites for hydroxylation is 1. The number of hydrogen-bond donors (Lipinski definition) is 1. The molecule has 1 aromatic carbocycles. The van der Waals surface area contributed by atoms with Gasteiger partial charge in [0.05, 0.1) is 0 Å². The molecule has 0 fully saturated rings. The van der Waals surface area contributed by atoms with Crippen molar-refractivity contribution in [2.45, 2.75) is 39.0 Å². The van der Waals surface area contributed by atoms with Crippen molar-refractivity contribution in [3.63, 3.8) is 0 Å². The normalized spacial score (nSPS) is 14.4. The quantitative estimate of drug-likeness (QED) is 0.772. The highest BCUT2D eigenvalue weighted by Crippen LogP contribution is 2.17. The van der Waals surface area contributed by atoms with Crippen molar-refractivity contribution < 1.29 is 4.79 Å². The van der Waals surface area contributed by atoms with Crippen LogP contribution in [0.15, 0.2) is 18.2 Å². The third kappa shape index (κ3) is 2.43. The third-order valence-corrected chi connectivity index (χ3v) is 3.16. The van der Waals surface area contributed by atoms with E-state index in [1.807, 2.05) is 6.07 Å². The van der Waals surface area contributed by atoms with E-state index in [1.165, 1.54) is 30.4 Å². The lowest BCUT2D eigenvalue weighted by molar-refractivity contribution is 0.0946. The summed E-state index contributed by atoms with van der Waals surface area (Å²) in [7, 11) is 0. The number of amides is 1. The molecule has 16 heavy (non-hydrogen) atoms. The Morgan fingerprint density at radius 2 is 2.19 bits per heavy atom. The summed E-state index contributed by atoms with van der Waals surface area (Å²) < 4.78 is 0. The molecule has 0 unspecified atom stereocenters. The highest BCUT2D eigenvalue weighted by molar-refractivity contribution is 5.96. The molecule has 0 aromatic heterocycles. The standard InChI is InChI=1S/C14H19NO/c1-2-3-4-5-11-6-7-13-12(10-11)8-9-15-14(13)16/h6-7,10H,2-5,8-9H2,1H3,(H,15,16). The lowest BCUT2D eigenvalue weighted by Gasteiger charge is -2.17. The number of hydrogen-bond acceptors (Lipinski definition) is 1. The summed E-state index contributed by atoms with van der Waals surface area (Å²) in [5.74, 6) is 0.0846. The first-order valence-corrected chi connectivity index (χ1v) is 6.21. The van der Waals surface area contributed by atoms with Gasteiger partial charge in [0.2, 0.25) is 0 Å². The maximum atomic E-state index is 11.5. The van der Waals surface area contributed by atoms with Crippen LogP contribution in [0.4, 0.5) is 0 Å². The molecule has 1 heterocycles. The number of fused-ring (bicyclic) bond motifs is 1. The first-order valence-electron chi connectivity index (χ1n) is 6.21. The van der Waals surface area contributed by atoms with Gasteiger partial charge in [-0.3, -0.25) is 4.79 Å². The van der Waals surface area contributed by atoms with E-state index in [9.17, 15) is 4.79 Å². The zero-order valence-electron chi connectivity index (χ0n) is 9.88. The molecule has 1 aromatic rings. The number of benzene rings is 1. The summed E-state index contributed by atoms with van der Waals surface area (Å²) in [5, 5.41) is 2.87. The molecule has 2 rings (SSSR count). The van der Waals surface area contributed by atoms with Gasteiger partial charge in [-0.05, 0) is 36.5 Å². The van der Waals surface area contributed by atoms with Crippen LogP contribution >= 0.6 is 0 Å². The lowest BCUT2D eigenvalue weighted by Crippen LogP contribution is -2.31. The minimum Gasteiger partial charge on any atom is -0.352 e. The molecule has 0 saturated heterocycles. The summed E-state index contributed by atoms with van der Waals surface area (Å²) in [6.45, 7) is 3.00. The molecule has 0 atom stereocenters. The molecular weight excluding hydrogens is 198 g/mol. The molecule has 0 bridgehead atoms. The molecule has 86 valence electrons. The molecule has 0 aliphatic carbocycles. The van der Waals surface area contributed by atoms with Crippen LogP contribution in [-0.4, -0.2) is 12.5 Å². The highest BCUT2D eigenvalue weighted by atomic mass is 16.1. The van der Waals surface area contributed by atoms with Gasteiger partial charge < -0.3 is 5.32 Å². The summed E-state index contributed by atoms with van der Waals surface area (Å²) in [4.78, 5) is 11.5. The average molecular weight is 217 g/mol. The second-order valence-corrected chi connectivity index (χ2v) is 4.45. The van der Waals surface area contributed by atoms with Gasteiger partial charge in [-0.15, -0.1) is 0 Å². The zero-order valence-corrected chi connectivity index (χ0v) is 9.88. The van der Waals surface area contributed by atoms with E-state index >= 15 is 0 Å². The van der Waals surface area contributed by atoms with E-state index in [0.29, 0.717) is 0 Å². The van der Waals surface area contributed by atoms with Gasteiger partial charge in [-0.2, -0.15) is 0 Å².